The summed E-state index contributed by atoms with van der Waals surface area (Å²) >= 11 is 7.78. The summed E-state index contributed by atoms with van der Waals surface area (Å²) in [6.45, 7) is 0. The van der Waals surface area contributed by atoms with E-state index in [2.05, 4.69) is 10.3 Å². The molecular formula is C22H13ClN2O2S. The molecule has 0 bridgehead atoms. The fraction of sp³-hybridized carbons (Fsp3) is 0. The highest BCUT2D eigenvalue weighted by Gasteiger charge is 2.17. The topological polar surface area (TPSA) is 55.1 Å². The van der Waals surface area contributed by atoms with Gasteiger partial charge in [-0.25, -0.2) is 4.98 Å². The van der Waals surface area contributed by atoms with E-state index in [9.17, 15) is 4.79 Å². The molecule has 0 aliphatic rings. The van der Waals surface area contributed by atoms with Gasteiger partial charge in [0.1, 0.15) is 10.4 Å². The molecule has 0 radical (unpaired) electrons. The van der Waals surface area contributed by atoms with E-state index in [0.29, 0.717) is 32.6 Å². The molecular weight excluding hydrogens is 392 g/mol. The second-order valence-electron chi connectivity index (χ2n) is 6.26. The normalized spacial score (nSPS) is 11.2. The van der Waals surface area contributed by atoms with Gasteiger partial charge in [0.2, 0.25) is 5.89 Å². The van der Waals surface area contributed by atoms with E-state index in [-0.39, 0.29) is 5.91 Å². The Bertz CT molecular complexity index is 1320. The first-order chi connectivity index (χ1) is 13.7. The van der Waals surface area contributed by atoms with Gasteiger partial charge in [0.25, 0.3) is 5.91 Å². The van der Waals surface area contributed by atoms with Crippen molar-refractivity contribution in [3.05, 3.63) is 82.7 Å². The van der Waals surface area contributed by atoms with E-state index in [0.717, 1.165) is 15.6 Å². The van der Waals surface area contributed by atoms with Crippen molar-refractivity contribution in [2.75, 3.05) is 5.32 Å². The summed E-state index contributed by atoms with van der Waals surface area (Å²) in [5.41, 5.74) is 2.89. The van der Waals surface area contributed by atoms with Gasteiger partial charge in [0, 0.05) is 21.3 Å². The third-order valence-electron chi connectivity index (χ3n) is 4.41. The molecule has 3 aromatic carbocycles. The Balaban J connectivity index is 1.46. The van der Waals surface area contributed by atoms with Crippen LogP contribution in [0.2, 0.25) is 5.02 Å². The van der Waals surface area contributed by atoms with Crippen LogP contribution >= 0.6 is 22.9 Å². The lowest BCUT2D eigenvalue weighted by molar-refractivity contribution is 0.103. The molecule has 0 unspecified atom stereocenters. The summed E-state index contributed by atoms with van der Waals surface area (Å²) in [6.07, 6.45) is 0. The van der Waals surface area contributed by atoms with Crippen LogP contribution in [-0.4, -0.2) is 10.9 Å². The smallest absolute Gasteiger partial charge is 0.267 e. The quantitative estimate of drug-likeness (QED) is 0.368. The van der Waals surface area contributed by atoms with Gasteiger partial charge in [-0.15, -0.1) is 11.3 Å². The molecule has 2 aromatic heterocycles. The molecule has 0 aliphatic heterocycles. The molecule has 0 saturated carbocycles. The number of nitrogens with one attached hydrogen (secondary N) is 1. The number of halogens is 1. The van der Waals surface area contributed by atoms with E-state index < -0.39 is 0 Å². The Morgan fingerprint density at radius 3 is 2.61 bits per heavy atom. The molecule has 0 saturated heterocycles. The van der Waals surface area contributed by atoms with Crippen LogP contribution in [0.25, 0.3) is 32.6 Å². The number of anilines is 1. The first kappa shape index (κ1) is 17.0. The molecule has 28 heavy (non-hydrogen) atoms. The number of hydrogen-bond acceptors (Lipinski definition) is 4. The highest BCUT2D eigenvalue weighted by molar-refractivity contribution is 7.21. The number of carbonyl (C=O) groups is 1. The van der Waals surface area contributed by atoms with Crippen LogP contribution in [-0.2, 0) is 0 Å². The van der Waals surface area contributed by atoms with E-state index in [1.54, 1.807) is 18.2 Å². The van der Waals surface area contributed by atoms with Crippen LogP contribution in [0, 0.1) is 0 Å². The summed E-state index contributed by atoms with van der Waals surface area (Å²) < 4.78 is 6.80. The molecule has 0 atom stereocenters. The SMILES string of the molecule is O=C(Nc1ccc2oc(-c3ccccc3)nc2c1)c1sc2ccccc2c1Cl. The van der Waals surface area contributed by atoms with Crippen molar-refractivity contribution in [1.82, 2.24) is 4.98 Å². The molecule has 136 valence electrons. The zero-order chi connectivity index (χ0) is 19.1. The molecule has 1 amide bonds. The number of nitrogens with zero attached hydrogens (tertiary/aromatic N) is 1. The molecule has 0 aliphatic carbocycles. The lowest BCUT2D eigenvalue weighted by atomic mass is 10.2. The van der Waals surface area contributed by atoms with Crippen LogP contribution in [0.1, 0.15) is 9.67 Å². The first-order valence-corrected chi connectivity index (χ1v) is 9.83. The first-order valence-electron chi connectivity index (χ1n) is 8.63. The van der Waals surface area contributed by atoms with Crippen molar-refractivity contribution in [2.45, 2.75) is 0 Å². The number of aromatic nitrogens is 1. The van der Waals surface area contributed by atoms with Gasteiger partial charge in [0.15, 0.2) is 5.58 Å². The van der Waals surface area contributed by atoms with E-state index in [1.165, 1.54) is 11.3 Å². The largest absolute Gasteiger partial charge is 0.436 e. The van der Waals surface area contributed by atoms with Gasteiger partial charge >= 0.3 is 0 Å². The fourth-order valence-electron chi connectivity index (χ4n) is 3.06. The molecule has 6 heteroatoms. The van der Waals surface area contributed by atoms with Gasteiger partial charge in [0.05, 0.1) is 5.02 Å². The predicted molar refractivity (Wildman–Crippen MR) is 114 cm³/mol. The van der Waals surface area contributed by atoms with Crippen LogP contribution in [0.5, 0.6) is 0 Å². The zero-order valence-electron chi connectivity index (χ0n) is 14.5. The fourth-order valence-corrected chi connectivity index (χ4v) is 4.47. The summed E-state index contributed by atoms with van der Waals surface area (Å²) in [7, 11) is 0. The molecule has 5 rings (SSSR count). The third-order valence-corrected chi connectivity index (χ3v) is 6.08. The van der Waals surface area contributed by atoms with Gasteiger partial charge in [-0.1, -0.05) is 48.0 Å². The van der Waals surface area contributed by atoms with Crippen LogP contribution in [0.4, 0.5) is 5.69 Å². The van der Waals surface area contributed by atoms with Gasteiger partial charge in [-0.2, -0.15) is 0 Å². The minimum absolute atomic E-state index is 0.239. The second-order valence-corrected chi connectivity index (χ2v) is 7.69. The maximum atomic E-state index is 12.7. The Kier molecular flexibility index (Phi) is 4.11. The Hall–Kier alpha value is -3.15. The van der Waals surface area contributed by atoms with Crippen molar-refractivity contribution in [1.29, 1.82) is 0 Å². The second kappa shape index (κ2) is 6.78. The molecule has 0 fully saturated rings. The standard InChI is InChI=1S/C22H13ClN2O2S/c23-19-15-8-4-5-9-18(15)28-20(19)21(26)24-14-10-11-17-16(12-14)25-22(27-17)13-6-2-1-3-7-13/h1-12H,(H,24,26). The monoisotopic (exact) mass is 404 g/mol. The van der Waals surface area contributed by atoms with Crippen LogP contribution < -0.4 is 5.32 Å². The average Bonchev–Trinajstić information content (AvgIpc) is 3.30. The Morgan fingerprint density at radius 2 is 1.79 bits per heavy atom. The average molecular weight is 405 g/mol. The summed E-state index contributed by atoms with van der Waals surface area (Å²) in [4.78, 5) is 17.8. The molecule has 0 spiro atoms. The number of oxazole rings is 1. The van der Waals surface area contributed by atoms with Crippen molar-refractivity contribution in [3.8, 4) is 11.5 Å². The summed E-state index contributed by atoms with van der Waals surface area (Å²) in [5.74, 6) is 0.309. The van der Waals surface area contributed by atoms with Crippen molar-refractivity contribution < 1.29 is 9.21 Å². The van der Waals surface area contributed by atoms with Gasteiger partial charge in [-0.3, -0.25) is 4.79 Å². The van der Waals surface area contributed by atoms with Gasteiger partial charge in [-0.05, 0) is 36.4 Å². The predicted octanol–water partition coefficient (Wildman–Crippen LogP) is 6.62. The molecule has 1 N–H and O–H groups in total. The lowest BCUT2D eigenvalue weighted by Gasteiger charge is -2.03. The minimum atomic E-state index is -0.239. The summed E-state index contributed by atoms with van der Waals surface area (Å²) in [6, 6.07) is 22.8. The highest BCUT2D eigenvalue weighted by Crippen LogP contribution is 2.35. The van der Waals surface area contributed by atoms with Crippen LogP contribution in [0.3, 0.4) is 0 Å². The van der Waals surface area contributed by atoms with E-state index in [4.69, 9.17) is 16.0 Å². The van der Waals surface area contributed by atoms with Crippen molar-refractivity contribution in [2.24, 2.45) is 0 Å². The maximum absolute atomic E-state index is 12.7. The highest BCUT2D eigenvalue weighted by atomic mass is 35.5. The number of amides is 1. The number of thiophene rings is 1. The number of carbonyl (C=O) groups excluding carboxylic acids is 1. The lowest BCUT2D eigenvalue weighted by Crippen LogP contribution is -2.10. The summed E-state index contributed by atoms with van der Waals surface area (Å²) in [5, 5.41) is 4.27. The zero-order valence-corrected chi connectivity index (χ0v) is 16.1. The van der Waals surface area contributed by atoms with Crippen LogP contribution in [0.15, 0.2) is 77.2 Å². The maximum Gasteiger partial charge on any atom is 0.267 e. The van der Waals surface area contributed by atoms with E-state index >= 15 is 0 Å². The molecule has 5 aromatic rings. The Labute approximate surface area is 169 Å². The minimum Gasteiger partial charge on any atom is -0.436 e. The molecule has 2 heterocycles. The molecule has 4 nitrogen and oxygen atoms in total. The third kappa shape index (κ3) is 2.95. The Morgan fingerprint density at radius 1 is 1.00 bits per heavy atom. The number of benzene rings is 3. The number of rotatable bonds is 3. The number of hydrogen-bond donors (Lipinski definition) is 1. The van der Waals surface area contributed by atoms with Crippen molar-refractivity contribution in [3.63, 3.8) is 0 Å². The van der Waals surface area contributed by atoms with Crippen molar-refractivity contribution >= 4 is 55.7 Å². The van der Waals surface area contributed by atoms with E-state index in [1.807, 2.05) is 54.6 Å². The van der Waals surface area contributed by atoms with Gasteiger partial charge < -0.3 is 9.73 Å². The number of fused-ring (bicyclic) bond motifs is 2.